The van der Waals surface area contributed by atoms with Crippen molar-refractivity contribution in [2.24, 2.45) is 0 Å². The van der Waals surface area contributed by atoms with E-state index >= 15 is 0 Å². The van der Waals surface area contributed by atoms with E-state index < -0.39 is 0 Å². The molecule has 1 atom stereocenters. The average Bonchev–Trinajstić information content (AvgIpc) is 2.97. The molecule has 3 aromatic rings. The van der Waals surface area contributed by atoms with Gasteiger partial charge in [-0.3, -0.25) is 0 Å². The van der Waals surface area contributed by atoms with Crippen molar-refractivity contribution in [1.82, 2.24) is 4.98 Å². The highest BCUT2D eigenvalue weighted by atomic mass is 32.1. The smallest absolute Gasteiger partial charge is 0.118 e. The highest BCUT2D eigenvalue weighted by Crippen LogP contribution is 2.29. The highest BCUT2D eigenvalue weighted by Gasteiger charge is 2.16. The van der Waals surface area contributed by atoms with E-state index in [4.69, 9.17) is 4.74 Å². The molecule has 0 aliphatic carbocycles. The van der Waals surface area contributed by atoms with Crippen LogP contribution in [0.4, 0.5) is 0 Å². The van der Waals surface area contributed by atoms with E-state index in [1.807, 2.05) is 48.5 Å². The van der Waals surface area contributed by atoms with Crippen molar-refractivity contribution >= 4 is 21.6 Å². The first-order chi connectivity index (χ1) is 10.3. The molecular weight excluding hydrogens is 280 g/mol. The van der Waals surface area contributed by atoms with Gasteiger partial charge < -0.3 is 4.74 Å². The number of benzene rings is 2. The minimum absolute atomic E-state index is 0.212. The first kappa shape index (κ1) is 13.6. The van der Waals surface area contributed by atoms with Gasteiger partial charge in [0.15, 0.2) is 0 Å². The fraction of sp³-hybridized carbons (Fsp3) is 0.176. The number of nitriles is 1. The topological polar surface area (TPSA) is 45.9 Å². The van der Waals surface area contributed by atoms with E-state index in [2.05, 4.69) is 11.1 Å². The molecule has 4 heteroatoms. The van der Waals surface area contributed by atoms with Crippen LogP contribution in [-0.4, -0.2) is 12.1 Å². The first-order valence-corrected chi connectivity index (χ1v) is 7.50. The van der Waals surface area contributed by atoms with Gasteiger partial charge >= 0.3 is 0 Å². The summed E-state index contributed by atoms with van der Waals surface area (Å²) < 4.78 is 6.28. The fourth-order valence-electron chi connectivity index (χ4n) is 2.22. The summed E-state index contributed by atoms with van der Waals surface area (Å²) in [6.45, 7) is 0. The molecular formula is C17H14N2OS. The second kappa shape index (κ2) is 5.94. The van der Waals surface area contributed by atoms with Gasteiger partial charge in [0.1, 0.15) is 16.7 Å². The zero-order valence-corrected chi connectivity index (χ0v) is 12.4. The Hall–Kier alpha value is -2.38. The largest absolute Gasteiger partial charge is 0.497 e. The summed E-state index contributed by atoms with van der Waals surface area (Å²) in [6.07, 6.45) is 0.667. The Morgan fingerprint density at radius 2 is 1.95 bits per heavy atom. The van der Waals surface area contributed by atoms with Crippen LogP contribution in [-0.2, 0) is 6.42 Å². The maximum absolute atomic E-state index is 9.46. The van der Waals surface area contributed by atoms with Gasteiger partial charge in [-0.15, -0.1) is 11.3 Å². The Labute approximate surface area is 127 Å². The summed E-state index contributed by atoms with van der Waals surface area (Å²) in [6, 6.07) is 18.2. The third kappa shape index (κ3) is 2.88. The molecule has 0 fully saturated rings. The number of fused-ring (bicyclic) bond motifs is 1. The molecule has 0 radical (unpaired) electrons. The Morgan fingerprint density at radius 3 is 2.62 bits per heavy atom. The van der Waals surface area contributed by atoms with Gasteiger partial charge in [0.05, 0.1) is 23.4 Å². The monoisotopic (exact) mass is 294 g/mol. The van der Waals surface area contributed by atoms with Gasteiger partial charge in [-0.25, -0.2) is 4.98 Å². The average molecular weight is 294 g/mol. The Kier molecular flexibility index (Phi) is 3.85. The maximum Gasteiger partial charge on any atom is 0.118 e. The molecule has 0 N–H and O–H groups in total. The Balaban J connectivity index is 1.85. The van der Waals surface area contributed by atoms with Crippen LogP contribution < -0.4 is 4.74 Å². The molecule has 0 aliphatic heterocycles. The van der Waals surface area contributed by atoms with Gasteiger partial charge in [-0.2, -0.15) is 5.26 Å². The van der Waals surface area contributed by atoms with Crippen molar-refractivity contribution in [3.8, 4) is 11.8 Å². The zero-order valence-electron chi connectivity index (χ0n) is 11.6. The van der Waals surface area contributed by atoms with Crippen LogP contribution in [0, 0.1) is 11.3 Å². The predicted octanol–water partition coefficient (Wildman–Crippen LogP) is 4.15. The lowest BCUT2D eigenvalue weighted by Gasteiger charge is -2.06. The fourth-order valence-corrected chi connectivity index (χ4v) is 3.24. The molecule has 0 saturated heterocycles. The van der Waals surface area contributed by atoms with E-state index in [1.165, 1.54) is 0 Å². The third-order valence-corrected chi connectivity index (χ3v) is 4.51. The van der Waals surface area contributed by atoms with Crippen LogP contribution >= 0.6 is 11.3 Å². The van der Waals surface area contributed by atoms with E-state index in [1.54, 1.807) is 18.4 Å². The van der Waals surface area contributed by atoms with Crippen molar-refractivity contribution in [3.05, 3.63) is 59.1 Å². The van der Waals surface area contributed by atoms with Crippen LogP contribution in [0.5, 0.6) is 5.75 Å². The minimum atomic E-state index is -0.212. The van der Waals surface area contributed by atoms with Gasteiger partial charge in [-0.1, -0.05) is 24.3 Å². The number of aromatic nitrogens is 1. The lowest BCUT2D eigenvalue weighted by atomic mass is 10.0. The van der Waals surface area contributed by atoms with E-state index in [9.17, 15) is 5.26 Å². The van der Waals surface area contributed by atoms with Crippen molar-refractivity contribution in [3.63, 3.8) is 0 Å². The Bertz CT molecular complexity index is 753. The highest BCUT2D eigenvalue weighted by molar-refractivity contribution is 7.18. The third-order valence-electron chi connectivity index (χ3n) is 3.36. The van der Waals surface area contributed by atoms with Crippen molar-refractivity contribution in [2.75, 3.05) is 7.11 Å². The molecule has 0 saturated carbocycles. The van der Waals surface area contributed by atoms with Crippen LogP contribution in [0.15, 0.2) is 48.5 Å². The molecule has 3 nitrogen and oxygen atoms in total. The maximum atomic E-state index is 9.46. The molecule has 0 bridgehead atoms. The van der Waals surface area contributed by atoms with Crippen LogP contribution in [0.1, 0.15) is 16.5 Å². The van der Waals surface area contributed by atoms with E-state index in [-0.39, 0.29) is 5.92 Å². The predicted molar refractivity (Wildman–Crippen MR) is 84.7 cm³/mol. The molecule has 0 aliphatic rings. The van der Waals surface area contributed by atoms with Crippen LogP contribution in [0.3, 0.4) is 0 Å². The normalized spacial score (nSPS) is 12.0. The first-order valence-electron chi connectivity index (χ1n) is 6.68. The summed E-state index contributed by atoms with van der Waals surface area (Å²) in [4.78, 5) is 4.59. The number of rotatable bonds is 4. The molecule has 3 rings (SSSR count). The molecule has 0 spiro atoms. The molecule has 1 heterocycles. The van der Waals surface area contributed by atoms with Gasteiger partial charge in [-0.05, 0) is 36.2 Å². The summed E-state index contributed by atoms with van der Waals surface area (Å²) in [7, 11) is 1.65. The number of nitrogens with zero attached hydrogens (tertiary/aromatic N) is 2. The van der Waals surface area contributed by atoms with Crippen LogP contribution in [0.25, 0.3) is 10.2 Å². The molecule has 1 unspecified atom stereocenters. The zero-order chi connectivity index (χ0) is 14.7. The molecule has 2 aromatic carbocycles. The van der Waals surface area contributed by atoms with Gasteiger partial charge in [0, 0.05) is 0 Å². The van der Waals surface area contributed by atoms with Crippen molar-refractivity contribution in [2.45, 2.75) is 12.3 Å². The minimum Gasteiger partial charge on any atom is -0.497 e. The van der Waals surface area contributed by atoms with E-state index in [0.29, 0.717) is 6.42 Å². The number of thiazole rings is 1. The second-order valence-corrected chi connectivity index (χ2v) is 5.82. The quantitative estimate of drug-likeness (QED) is 0.726. The van der Waals surface area contributed by atoms with Crippen molar-refractivity contribution < 1.29 is 4.74 Å². The van der Waals surface area contributed by atoms with Gasteiger partial charge in [0.2, 0.25) is 0 Å². The lowest BCUT2D eigenvalue weighted by Crippen LogP contribution is -2.00. The number of para-hydroxylation sites is 1. The van der Waals surface area contributed by atoms with E-state index in [0.717, 1.165) is 26.5 Å². The molecule has 104 valence electrons. The number of hydrogen-bond acceptors (Lipinski definition) is 4. The standard InChI is InChI=1S/C17H14N2OS/c1-20-14-8-6-12(7-9-14)10-13(11-18)17-19-15-4-2-3-5-16(15)21-17/h2-9,13H,10H2,1H3. The lowest BCUT2D eigenvalue weighted by molar-refractivity contribution is 0.414. The SMILES string of the molecule is COc1ccc(CC(C#N)c2nc3ccccc3s2)cc1. The molecule has 1 aromatic heterocycles. The molecule has 21 heavy (non-hydrogen) atoms. The number of ether oxygens (including phenoxy) is 1. The van der Waals surface area contributed by atoms with Crippen molar-refractivity contribution in [1.29, 1.82) is 5.26 Å². The summed E-state index contributed by atoms with van der Waals surface area (Å²) >= 11 is 1.60. The summed E-state index contributed by atoms with van der Waals surface area (Å²) in [5.74, 6) is 0.614. The Morgan fingerprint density at radius 1 is 1.19 bits per heavy atom. The van der Waals surface area contributed by atoms with Crippen LogP contribution in [0.2, 0.25) is 0 Å². The summed E-state index contributed by atoms with van der Waals surface area (Å²) in [5.41, 5.74) is 2.08. The number of hydrogen-bond donors (Lipinski definition) is 0. The number of methoxy groups -OCH3 is 1. The van der Waals surface area contributed by atoms with Gasteiger partial charge in [0.25, 0.3) is 0 Å². The molecule has 0 amide bonds. The second-order valence-electron chi connectivity index (χ2n) is 4.75. The summed E-state index contributed by atoms with van der Waals surface area (Å²) in [5, 5.41) is 10.3.